The molecule has 2 aromatic carbocycles. The van der Waals surface area contributed by atoms with Gasteiger partial charge in [0, 0.05) is 0 Å². The van der Waals surface area contributed by atoms with Gasteiger partial charge in [-0.05, 0) is 49.1 Å². The third-order valence-electron chi connectivity index (χ3n) is 4.98. The van der Waals surface area contributed by atoms with Crippen molar-refractivity contribution in [2.24, 2.45) is 0 Å². The average Bonchev–Trinajstić information content (AvgIpc) is 3.17. The van der Waals surface area contributed by atoms with Crippen LogP contribution in [0.4, 0.5) is 5.00 Å². The van der Waals surface area contributed by atoms with E-state index in [1.807, 2.05) is 42.5 Å². The van der Waals surface area contributed by atoms with E-state index in [4.69, 9.17) is 14.2 Å². The lowest BCUT2D eigenvalue weighted by molar-refractivity contribution is -0.118. The number of carbonyl (C=O) groups excluding carboxylic acids is 3. The van der Waals surface area contributed by atoms with Crippen LogP contribution in [0.1, 0.15) is 50.6 Å². The van der Waals surface area contributed by atoms with Gasteiger partial charge in [0.05, 0.1) is 12.2 Å². The highest BCUT2D eigenvalue weighted by Gasteiger charge is 2.27. The van der Waals surface area contributed by atoms with Crippen molar-refractivity contribution in [2.75, 3.05) is 18.5 Å². The minimum absolute atomic E-state index is 0.0953. The van der Waals surface area contributed by atoms with Gasteiger partial charge in [0.1, 0.15) is 22.2 Å². The standard InChI is InChI=1S/C26H27NO6S/c1-4-18-11-13-20(14-12-18)32-16-21(28)27-24-22(25(29)31-5-2)17(3)23(34-24)26(30)33-15-19-9-7-6-8-10-19/h6-14H,4-5,15-16H2,1-3H3,(H,27,28). The van der Waals surface area contributed by atoms with Gasteiger partial charge in [-0.15, -0.1) is 11.3 Å². The van der Waals surface area contributed by atoms with E-state index in [9.17, 15) is 14.4 Å². The first-order valence-electron chi connectivity index (χ1n) is 11.0. The van der Waals surface area contributed by atoms with E-state index in [0.29, 0.717) is 11.3 Å². The molecule has 1 heterocycles. The molecule has 0 spiro atoms. The first-order chi connectivity index (χ1) is 16.4. The smallest absolute Gasteiger partial charge is 0.349 e. The van der Waals surface area contributed by atoms with Gasteiger partial charge in [-0.1, -0.05) is 49.4 Å². The monoisotopic (exact) mass is 481 g/mol. The second-order valence-electron chi connectivity index (χ2n) is 7.38. The summed E-state index contributed by atoms with van der Waals surface area (Å²) >= 11 is 0.976. The molecule has 0 saturated heterocycles. The van der Waals surface area contributed by atoms with E-state index in [1.54, 1.807) is 26.0 Å². The van der Waals surface area contributed by atoms with Crippen LogP contribution in [-0.2, 0) is 27.3 Å². The van der Waals surface area contributed by atoms with E-state index < -0.39 is 17.8 Å². The van der Waals surface area contributed by atoms with Gasteiger partial charge >= 0.3 is 11.9 Å². The lowest BCUT2D eigenvalue weighted by Gasteiger charge is -2.09. The number of aryl methyl sites for hydroxylation is 1. The Bertz CT molecular complexity index is 1140. The molecule has 0 radical (unpaired) electrons. The molecule has 0 atom stereocenters. The second-order valence-corrected chi connectivity index (χ2v) is 8.40. The third kappa shape index (κ3) is 6.45. The average molecular weight is 482 g/mol. The zero-order valence-electron chi connectivity index (χ0n) is 19.4. The number of benzene rings is 2. The molecule has 34 heavy (non-hydrogen) atoms. The van der Waals surface area contributed by atoms with Gasteiger partial charge in [0.2, 0.25) is 0 Å². The molecule has 0 fully saturated rings. The quantitative estimate of drug-likeness (QED) is 0.402. The number of thiophene rings is 1. The molecule has 1 amide bonds. The summed E-state index contributed by atoms with van der Waals surface area (Å²) in [5.41, 5.74) is 2.54. The number of carbonyl (C=O) groups is 3. The fourth-order valence-electron chi connectivity index (χ4n) is 3.17. The summed E-state index contributed by atoms with van der Waals surface area (Å²) in [5, 5.41) is 2.90. The second kappa shape index (κ2) is 12.0. The zero-order chi connectivity index (χ0) is 24.5. The van der Waals surface area contributed by atoms with E-state index in [1.165, 1.54) is 0 Å². The van der Waals surface area contributed by atoms with Crippen molar-refractivity contribution in [3.8, 4) is 5.75 Å². The first kappa shape index (κ1) is 25.0. The minimum atomic E-state index is -0.621. The molecule has 0 bridgehead atoms. The van der Waals surface area contributed by atoms with Gasteiger partial charge in [0.15, 0.2) is 6.61 Å². The number of hydrogen-bond donors (Lipinski definition) is 1. The lowest BCUT2D eigenvalue weighted by Crippen LogP contribution is -2.21. The van der Waals surface area contributed by atoms with Gasteiger partial charge in [0.25, 0.3) is 5.91 Å². The Morgan fingerprint density at radius 3 is 2.24 bits per heavy atom. The molecular weight excluding hydrogens is 454 g/mol. The Labute approximate surface area is 202 Å². The highest BCUT2D eigenvalue weighted by atomic mass is 32.1. The van der Waals surface area contributed by atoms with Gasteiger partial charge in [-0.25, -0.2) is 9.59 Å². The van der Waals surface area contributed by atoms with Crippen molar-refractivity contribution in [1.29, 1.82) is 0 Å². The normalized spacial score (nSPS) is 10.4. The van der Waals surface area contributed by atoms with Crippen LogP contribution in [0.2, 0.25) is 0 Å². The number of anilines is 1. The van der Waals surface area contributed by atoms with Crippen molar-refractivity contribution < 1.29 is 28.6 Å². The Morgan fingerprint density at radius 2 is 1.59 bits per heavy atom. The Hall–Kier alpha value is -3.65. The largest absolute Gasteiger partial charge is 0.484 e. The third-order valence-corrected chi connectivity index (χ3v) is 6.17. The van der Waals surface area contributed by atoms with E-state index >= 15 is 0 Å². The highest BCUT2D eigenvalue weighted by molar-refractivity contribution is 7.18. The van der Waals surface area contributed by atoms with Crippen molar-refractivity contribution in [2.45, 2.75) is 33.8 Å². The summed E-state index contributed by atoms with van der Waals surface area (Å²) in [7, 11) is 0. The molecule has 0 unspecified atom stereocenters. The lowest BCUT2D eigenvalue weighted by atomic mass is 10.1. The maximum atomic E-state index is 12.7. The summed E-state index contributed by atoms with van der Waals surface area (Å²) in [5.74, 6) is -1.10. The number of rotatable bonds is 10. The molecule has 0 aliphatic rings. The molecule has 0 aliphatic heterocycles. The fraction of sp³-hybridized carbons (Fsp3) is 0.269. The maximum absolute atomic E-state index is 12.7. The van der Waals surface area contributed by atoms with Crippen molar-refractivity contribution >= 4 is 34.2 Å². The Morgan fingerprint density at radius 1 is 0.882 bits per heavy atom. The van der Waals surface area contributed by atoms with E-state index in [-0.39, 0.29) is 35.3 Å². The summed E-state index contributed by atoms with van der Waals surface area (Å²) in [4.78, 5) is 38.1. The predicted molar refractivity (Wildman–Crippen MR) is 131 cm³/mol. The van der Waals surface area contributed by atoms with Crippen LogP contribution >= 0.6 is 11.3 Å². The van der Waals surface area contributed by atoms with E-state index in [2.05, 4.69) is 12.2 Å². The van der Waals surface area contributed by atoms with Crippen LogP contribution < -0.4 is 10.1 Å². The zero-order valence-corrected chi connectivity index (χ0v) is 20.2. The van der Waals surface area contributed by atoms with Crippen LogP contribution in [0.3, 0.4) is 0 Å². The summed E-state index contributed by atoms with van der Waals surface area (Å²) in [6, 6.07) is 16.7. The first-order valence-corrected chi connectivity index (χ1v) is 11.8. The Kier molecular flexibility index (Phi) is 8.81. The van der Waals surface area contributed by atoms with Crippen LogP contribution in [0, 0.1) is 6.92 Å². The SMILES string of the molecule is CCOC(=O)c1c(NC(=O)COc2ccc(CC)cc2)sc(C(=O)OCc2ccccc2)c1C. The molecule has 3 aromatic rings. The summed E-state index contributed by atoms with van der Waals surface area (Å²) < 4.78 is 16.1. The Balaban J connectivity index is 1.73. The molecule has 7 nitrogen and oxygen atoms in total. The topological polar surface area (TPSA) is 90.9 Å². The van der Waals surface area contributed by atoms with E-state index in [0.717, 1.165) is 28.9 Å². The fourth-order valence-corrected chi connectivity index (χ4v) is 4.27. The van der Waals surface area contributed by atoms with Crippen molar-refractivity contribution in [3.05, 3.63) is 81.7 Å². The number of amides is 1. The highest BCUT2D eigenvalue weighted by Crippen LogP contribution is 2.34. The van der Waals surface area contributed by atoms with Gasteiger partial charge in [-0.2, -0.15) is 0 Å². The number of hydrogen-bond acceptors (Lipinski definition) is 7. The van der Waals surface area contributed by atoms with Crippen LogP contribution in [0.25, 0.3) is 0 Å². The van der Waals surface area contributed by atoms with Crippen LogP contribution in [0.5, 0.6) is 5.75 Å². The number of nitrogens with one attached hydrogen (secondary N) is 1. The molecule has 0 aliphatic carbocycles. The molecule has 1 aromatic heterocycles. The van der Waals surface area contributed by atoms with Crippen LogP contribution in [0.15, 0.2) is 54.6 Å². The number of esters is 2. The molecule has 0 saturated carbocycles. The predicted octanol–water partition coefficient (Wildman–Crippen LogP) is 5.17. The van der Waals surface area contributed by atoms with Gasteiger partial charge in [-0.3, -0.25) is 4.79 Å². The molecule has 8 heteroatoms. The minimum Gasteiger partial charge on any atom is -0.484 e. The molecular formula is C26H27NO6S. The van der Waals surface area contributed by atoms with Gasteiger partial charge < -0.3 is 19.5 Å². The van der Waals surface area contributed by atoms with Crippen LogP contribution in [-0.4, -0.2) is 31.1 Å². The molecule has 3 rings (SSSR count). The molecule has 1 N–H and O–H groups in total. The number of ether oxygens (including phenoxy) is 3. The van der Waals surface area contributed by atoms with Crippen molar-refractivity contribution in [1.82, 2.24) is 0 Å². The maximum Gasteiger partial charge on any atom is 0.349 e. The summed E-state index contributed by atoms with van der Waals surface area (Å²) in [6.07, 6.45) is 0.908. The summed E-state index contributed by atoms with van der Waals surface area (Å²) in [6.45, 7) is 5.37. The molecule has 178 valence electrons. The van der Waals surface area contributed by atoms with Crippen molar-refractivity contribution in [3.63, 3.8) is 0 Å².